The summed E-state index contributed by atoms with van der Waals surface area (Å²) in [5.74, 6) is 0.851. The quantitative estimate of drug-likeness (QED) is 0.349. The maximum atomic E-state index is 12.6. The molecule has 26 heavy (non-hydrogen) atoms. The summed E-state index contributed by atoms with van der Waals surface area (Å²) in [4.78, 5) is 12.6. The summed E-state index contributed by atoms with van der Waals surface area (Å²) >= 11 is 0. The number of carbonyl (C=O) groups excluding carboxylic acids is 1. The van der Waals surface area contributed by atoms with E-state index in [1.807, 2.05) is 44.2 Å². The molecule has 0 aliphatic heterocycles. The summed E-state index contributed by atoms with van der Waals surface area (Å²) in [7, 11) is 0. The summed E-state index contributed by atoms with van der Waals surface area (Å²) in [6.45, 7) is 6.51. The lowest BCUT2D eigenvalue weighted by atomic mass is 10.0. The van der Waals surface area contributed by atoms with Crippen LogP contribution in [0.1, 0.15) is 59.7 Å². The zero-order chi connectivity index (χ0) is 18.9. The van der Waals surface area contributed by atoms with E-state index in [0.29, 0.717) is 23.7 Å². The summed E-state index contributed by atoms with van der Waals surface area (Å²) in [6.07, 6.45) is 7.88. The Bertz CT molecular complexity index is 752. The molecule has 1 N–H and O–H groups in total. The van der Waals surface area contributed by atoms with Crippen LogP contribution in [0.2, 0.25) is 0 Å². The number of allylic oxidation sites excluding steroid dienone is 1. The van der Waals surface area contributed by atoms with Gasteiger partial charge in [0.1, 0.15) is 11.5 Å². The molecule has 0 radical (unpaired) electrons. The normalized spacial score (nSPS) is 11.0. The number of phenolic OH excluding ortho intramolecular Hbond substituents is 1. The zero-order valence-electron chi connectivity index (χ0n) is 15.9. The average Bonchev–Trinajstić information content (AvgIpc) is 2.64. The van der Waals surface area contributed by atoms with Crippen LogP contribution in [0.25, 0.3) is 6.08 Å². The molecular formula is C23H28O3. The van der Waals surface area contributed by atoms with Gasteiger partial charge in [-0.3, -0.25) is 4.79 Å². The van der Waals surface area contributed by atoms with Gasteiger partial charge in [-0.15, -0.1) is 0 Å². The van der Waals surface area contributed by atoms with E-state index in [1.54, 1.807) is 18.2 Å². The molecule has 3 heteroatoms. The first-order chi connectivity index (χ1) is 12.5. The molecule has 0 heterocycles. The monoisotopic (exact) mass is 352 g/mol. The maximum absolute atomic E-state index is 12.6. The second-order valence-electron chi connectivity index (χ2n) is 6.61. The van der Waals surface area contributed by atoms with Gasteiger partial charge in [-0.1, -0.05) is 44.4 Å². The number of benzene rings is 2. The predicted molar refractivity (Wildman–Crippen MR) is 107 cm³/mol. The number of para-hydroxylation sites is 1. The maximum Gasteiger partial charge on any atom is 0.189 e. The van der Waals surface area contributed by atoms with Crippen molar-refractivity contribution in [2.45, 2.75) is 46.5 Å². The lowest BCUT2D eigenvalue weighted by molar-refractivity contribution is 0.104. The third-order valence-corrected chi connectivity index (χ3v) is 4.35. The van der Waals surface area contributed by atoms with Crippen molar-refractivity contribution in [1.29, 1.82) is 0 Å². The first kappa shape index (κ1) is 19.8. The fourth-order valence-electron chi connectivity index (χ4n) is 2.85. The lowest BCUT2D eigenvalue weighted by Crippen LogP contribution is -2.03. The van der Waals surface area contributed by atoms with Gasteiger partial charge in [-0.2, -0.15) is 0 Å². The van der Waals surface area contributed by atoms with Gasteiger partial charge < -0.3 is 9.84 Å². The van der Waals surface area contributed by atoms with E-state index >= 15 is 0 Å². The van der Waals surface area contributed by atoms with E-state index in [4.69, 9.17) is 4.74 Å². The fraction of sp³-hybridized carbons (Fsp3) is 0.348. The molecule has 0 aliphatic rings. The standard InChI is InChI=1S/C23H28O3/c1-4-5-6-9-14-26-22-11-8-7-10-20(22)21(24)13-12-19-15-17(2)23(25)18(3)16-19/h7-8,10-13,15-16,25H,4-6,9,14H2,1-3H3. The predicted octanol–water partition coefficient (Wildman–Crippen LogP) is 5.86. The Morgan fingerprint density at radius 1 is 1.08 bits per heavy atom. The van der Waals surface area contributed by atoms with Crippen LogP contribution in [0, 0.1) is 13.8 Å². The average molecular weight is 352 g/mol. The number of phenols is 1. The van der Waals surface area contributed by atoms with Crippen molar-refractivity contribution in [2.24, 2.45) is 0 Å². The van der Waals surface area contributed by atoms with E-state index in [0.717, 1.165) is 29.5 Å². The van der Waals surface area contributed by atoms with Crippen LogP contribution in [-0.4, -0.2) is 17.5 Å². The Morgan fingerprint density at radius 3 is 2.46 bits per heavy atom. The molecule has 0 saturated heterocycles. The van der Waals surface area contributed by atoms with Crippen LogP contribution < -0.4 is 4.74 Å². The third-order valence-electron chi connectivity index (χ3n) is 4.35. The molecule has 0 saturated carbocycles. The molecule has 0 spiro atoms. The summed E-state index contributed by atoms with van der Waals surface area (Å²) in [5, 5.41) is 9.85. The minimum absolute atomic E-state index is 0.0856. The van der Waals surface area contributed by atoms with Gasteiger partial charge in [0.15, 0.2) is 5.78 Å². The van der Waals surface area contributed by atoms with E-state index in [-0.39, 0.29) is 5.78 Å². The molecule has 0 aliphatic carbocycles. The Morgan fingerprint density at radius 2 is 1.77 bits per heavy atom. The van der Waals surface area contributed by atoms with Crippen LogP contribution in [0.15, 0.2) is 42.5 Å². The number of rotatable bonds is 9. The molecule has 138 valence electrons. The highest BCUT2D eigenvalue weighted by atomic mass is 16.5. The summed E-state index contributed by atoms with van der Waals surface area (Å²) in [5.41, 5.74) is 3.07. The Hall–Kier alpha value is -2.55. The van der Waals surface area contributed by atoms with Crippen molar-refractivity contribution >= 4 is 11.9 Å². The van der Waals surface area contributed by atoms with Crippen molar-refractivity contribution in [3.8, 4) is 11.5 Å². The highest BCUT2D eigenvalue weighted by Gasteiger charge is 2.09. The number of ether oxygens (including phenoxy) is 1. The van der Waals surface area contributed by atoms with E-state index in [1.165, 1.54) is 12.8 Å². The van der Waals surface area contributed by atoms with Crippen LogP contribution in [0.5, 0.6) is 11.5 Å². The first-order valence-corrected chi connectivity index (χ1v) is 9.27. The molecule has 0 atom stereocenters. The van der Waals surface area contributed by atoms with Crippen LogP contribution >= 0.6 is 0 Å². The van der Waals surface area contributed by atoms with Crippen molar-refractivity contribution in [3.05, 3.63) is 64.7 Å². The number of hydrogen-bond acceptors (Lipinski definition) is 3. The molecule has 2 rings (SSSR count). The summed E-state index contributed by atoms with van der Waals surface area (Å²) < 4.78 is 5.82. The van der Waals surface area contributed by atoms with E-state index in [2.05, 4.69) is 6.92 Å². The van der Waals surface area contributed by atoms with Gasteiger partial charge in [0.05, 0.1) is 12.2 Å². The third kappa shape index (κ3) is 5.48. The van der Waals surface area contributed by atoms with E-state index < -0.39 is 0 Å². The van der Waals surface area contributed by atoms with Gasteiger partial charge in [0, 0.05) is 0 Å². The van der Waals surface area contributed by atoms with E-state index in [9.17, 15) is 9.90 Å². The van der Waals surface area contributed by atoms with Crippen molar-refractivity contribution in [1.82, 2.24) is 0 Å². The fourth-order valence-corrected chi connectivity index (χ4v) is 2.85. The number of carbonyl (C=O) groups is 1. The Kier molecular flexibility index (Phi) is 7.46. The zero-order valence-corrected chi connectivity index (χ0v) is 15.9. The lowest BCUT2D eigenvalue weighted by Gasteiger charge is -2.09. The van der Waals surface area contributed by atoms with Gasteiger partial charge in [0.25, 0.3) is 0 Å². The molecule has 0 aromatic heterocycles. The van der Waals surface area contributed by atoms with Gasteiger partial charge in [-0.05, 0) is 67.3 Å². The molecule has 0 unspecified atom stereocenters. The van der Waals surface area contributed by atoms with Crippen LogP contribution in [-0.2, 0) is 0 Å². The molecule has 2 aromatic carbocycles. The Balaban J connectivity index is 2.07. The second-order valence-corrected chi connectivity index (χ2v) is 6.61. The minimum atomic E-state index is -0.0856. The molecule has 2 aromatic rings. The van der Waals surface area contributed by atoms with Crippen molar-refractivity contribution < 1.29 is 14.6 Å². The number of ketones is 1. The van der Waals surface area contributed by atoms with Crippen molar-refractivity contribution in [2.75, 3.05) is 6.61 Å². The van der Waals surface area contributed by atoms with Crippen LogP contribution in [0.4, 0.5) is 0 Å². The molecule has 0 fully saturated rings. The molecule has 0 bridgehead atoms. The van der Waals surface area contributed by atoms with Gasteiger partial charge in [-0.25, -0.2) is 0 Å². The number of aryl methyl sites for hydroxylation is 2. The SMILES string of the molecule is CCCCCCOc1ccccc1C(=O)C=Cc1cc(C)c(O)c(C)c1. The second kappa shape index (κ2) is 9.81. The molecular weight excluding hydrogens is 324 g/mol. The summed E-state index contributed by atoms with van der Waals surface area (Å²) in [6, 6.07) is 11.1. The largest absolute Gasteiger partial charge is 0.507 e. The van der Waals surface area contributed by atoms with Gasteiger partial charge in [0.2, 0.25) is 0 Å². The first-order valence-electron chi connectivity index (χ1n) is 9.27. The van der Waals surface area contributed by atoms with Crippen LogP contribution in [0.3, 0.4) is 0 Å². The number of unbranched alkanes of at least 4 members (excludes halogenated alkanes) is 3. The molecule has 0 amide bonds. The van der Waals surface area contributed by atoms with Gasteiger partial charge >= 0.3 is 0 Å². The minimum Gasteiger partial charge on any atom is -0.507 e. The molecule has 3 nitrogen and oxygen atoms in total. The number of aromatic hydroxyl groups is 1. The van der Waals surface area contributed by atoms with Crippen molar-refractivity contribution in [3.63, 3.8) is 0 Å². The highest BCUT2D eigenvalue weighted by Crippen LogP contribution is 2.24. The Labute approximate surface area is 156 Å². The highest BCUT2D eigenvalue weighted by molar-refractivity contribution is 6.08. The smallest absolute Gasteiger partial charge is 0.189 e. The topological polar surface area (TPSA) is 46.5 Å². The number of hydrogen-bond donors (Lipinski definition) is 1.